The van der Waals surface area contributed by atoms with Crippen LogP contribution < -0.4 is 0 Å². The first-order chi connectivity index (χ1) is 13.2. The second kappa shape index (κ2) is 7.92. The number of piperidine rings is 1. The molecule has 0 N–H and O–H groups in total. The molecule has 5 nitrogen and oxygen atoms in total. The highest BCUT2D eigenvalue weighted by Gasteiger charge is 2.25. The van der Waals surface area contributed by atoms with E-state index in [1.807, 2.05) is 64.2 Å². The van der Waals surface area contributed by atoms with Crippen LogP contribution in [0.3, 0.4) is 0 Å². The van der Waals surface area contributed by atoms with Gasteiger partial charge in [0.1, 0.15) is 5.65 Å². The first-order valence-corrected chi connectivity index (χ1v) is 9.69. The number of hydrogen-bond donors (Lipinski definition) is 0. The maximum Gasteiger partial charge on any atom is 0.255 e. The third-order valence-electron chi connectivity index (χ3n) is 4.99. The van der Waals surface area contributed by atoms with Crippen LogP contribution in [0.15, 0.2) is 54.9 Å². The summed E-state index contributed by atoms with van der Waals surface area (Å²) in [6.07, 6.45) is 7.05. The van der Waals surface area contributed by atoms with Crippen LogP contribution in [0.5, 0.6) is 0 Å². The van der Waals surface area contributed by atoms with Gasteiger partial charge in [-0.25, -0.2) is 4.98 Å². The van der Waals surface area contributed by atoms with Crippen LogP contribution in [0.1, 0.15) is 36.5 Å². The van der Waals surface area contributed by atoms with E-state index in [-0.39, 0.29) is 12.0 Å². The molecule has 27 heavy (non-hydrogen) atoms. The van der Waals surface area contributed by atoms with E-state index >= 15 is 0 Å². The number of rotatable bonds is 5. The Morgan fingerprint density at radius 3 is 2.85 bits per heavy atom. The van der Waals surface area contributed by atoms with Crippen molar-refractivity contribution in [3.05, 3.63) is 60.4 Å². The molecule has 0 radical (unpaired) electrons. The van der Waals surface area contributed by atoms with E-state index in [1.54, 1.807) is 0 Å². The minimum atomic E-state index is 0.0664. The summed E-state index contributed by atoms with van der Waals surface area (Å²) in [4.78, 5) is 19.6. The molecular formula is C22H25N3O2. The minimum absolute atomic E-state index is 0.0664. The molecule has 1 amide bonds. The van der Waals surface area contributed by atoms with Gasteiger partial charge in [0.2, 0.25) is 0 Å². The molecule has 3 heterocycles. The number of fused-ring (bicyclic) bond motifs is 1. The largest absolute Gasteiger partial charge is 0.376 e. The molecule has 1 saturated heterocycles. The van der Waals surface area contributed by atoms with E-state index in [0.29, 0.717) is 12.1 Å². The highest BCUT2D eigenvalue weighted by molar-refractivity contribution is 5.94. The molecule has 2 aromatic heterocycles. The van der Waals surface area contributed by atoms with Crippen molar-refractivity contribution in [3.63, 3.8) is 0 Å². The number of ether oxygens (including phenoxy) is 1. The van der Waals surface area contributed by atoms with E-state index in [0.717, 1.165) is 49.3 Å². The minimum Gasteiger partial charge on any atom is -0.376 e. The van der Waals surface area contributed by atoms with Crippen LogP contribution in [0.2, 0.25) is 0 Å². The van der Waals surface area contributed by atoms with Crippen molar-refractivity contribution in [1.82, 2.24) is 14.3 Å². The summed E-state index contributed by atoms with van der Waals surface area (Å²) in [6, 6.07) is 13.9. The number of imidazole rings is 1. The Bertz CT molecular complexity index is 920. The Morgan fingerprint density at radius 2 is 2.04 bits per heavy atom. The topological polar surface area (TPSA) is 46.8 Å². The Balaban J connectivity index is 1.54. The zero-order chi connectivity index (χ0) is 18.6. The van der Waals surface area contributed by atoms with Gasteiger partial charge in [-0.15, -0.1) is 0 Å². The lowest BCUT2D eigenvalue weighted by Crippen LogP contribution is -2.43. The molecule has 1 aliphatic heterocycles. The van der Waals surface area contributed by atoms with E-state index < -0.39 is 0 Å². The van der Waals surface area contributed by atoms with Crippen LogP contribution >= 0.6 is 0 Å². The zero-order valence-electron chi connectivity index (χ0n) is 15.7. The van der Waals surface area contributed by atoms with Crippen molar-refractivity contribution in [1.29, 1.82) is 0 Å². The third kappa shape index (κ3) is 3.88. The molecule has 0 bridgehead atoms. The molecule has 1 fully saturated rings. The molecule has 1 atom stereocenters. The summed E-state index contributed by atoms with van der Waals surface area (Å²) in [7, 11) is 0. The fourth-order valence-electron chi connectivity index (χ4n) is 3.59. The van der Waals surface area contributed by atoms with Gasteiger partial charge in [-0.1, -0.05) is 37.3 Å². The first-order valence-electron chi connectivity index (χ1n) is 9.69. The second-order valence-corrected chi connectivity index (χ2v) is 7.06. The summed E-state index contributed by atoms with van der Waals surface area (Å²) in [5, 5.41) is 0. The molecule has 5 heteroatoms. The molecule has 1 aliphatic rings. The van der Waals surface area contributed by atoms with Crippen molar-refractivity contribution in [2.45, 2.75) is 32.3 Å². The normalized spacial score (nSPS) is 17.4. The summed E-state index contributed by atoms with van der Waals surface area (Å²) in [5.74, 6) is 0.0664. The number of benzene rings is 1. The van der Waals surface area contributed by atoms with Crippen molar-refractivity contribution in [3.8, 4) is 11.3 Å². The average Bonchev–Trinajstić information content (AvgIpc) is 3.16. The highest BCUT2D eigenvalue weighted by Crippen LogP contribution is 2.21. The third-order valence-corrected chi connectivity index (χ3v) is 4.99. The smallest absolute Gasteiger partial charge is 0.255 e. The molecule has 3 aromatic rings. The van der Waals surface area contributed by atoms with E-state index in [2.05, 4.69) is 11.9 Å². The van der Waals surface area contributed by atoms with Crippen molar-refractivity contribution >= 4 is 11.6 Å². The number of pyridine rings is 1. The van der Waals surface area contributed by atoms with Gasteiger partial charge in [0.25, 0.3) is 5.91 Å². The number of aromatic nitrogens is 2. The van der Waals surface area contributed by atoms with E-state index in [1.165, 1.54) is 0 Å². The van der Waals surface area contributed by atoms with Crippen LogP contribution in [0, 0.1) is 0 Å². The maximum absolute atomic E-state index is 13.0. The van der Waals surface area contributed by atoms with Gasteiger partial charge < -0.3 is 14.0 Å². The Labute approximate surface area is 159 Å². The molecule has 1 aromatic carbocycles. The van der Waals surface area contributed by atoms with Gasteiger partial charge in [0, 0.05) is 37.7 Å². The van der Waals surface area contributed by atoms with Crippen molar-refractivity contribution in [2.75, 3.05) is 19.7 Å². The van der Waals surface area contributed by atoms with Crippen LogP contribution in [-0.4, -0.2) is 46.0 Å². The van der Waals surface area contributed by atoms with Gasteiger partial charge in [-0.05, 0) is 31.4 Å². The van der Waals surface area contributed by atoms with Gasteiger partial charge in [0.05, 0.1) is 17.4 Å². The second-order valence-electron chi connectivity index (χ2n) is 7.06. The van der Waals surface area contributed by atoms with Gasteiger partial charge in [-0.3, -0.25) is 4.79 Å². The van der Waals surface area contributed by atoms with Crippen molar-refractivity contribution < 1.29 is 9.53 Å². The monoisotopic (exact) mass is 363 g/mol. The molecule has 4 rings (SSSR count). The van der Waals surface area contributed by atoms with Crippen LogP contribution in [-0.2, 0) is 4.74 Å². The first kappa shape index (κ1) is 17.7. The quantitative estimate of drug-likeness (QED) is 0.687. The van der Waals surface area contributed by atoms with E-state index in [4.69, 9.17) is 4.74 Å². The average molecular weight is 363 g/mol. The summed E-state index contributed by atoms with van der Waals surface area (Å²) < 4.78 is 7.80. The summed E-state index contributed by atoms with van der Waals surface area (Å²) in [6.45, 7) is 4.34. The fraction of sp³-hybridized carbons (Fsp3) is 0.364. The predicted octanol–water partition coefficient (Wildman–Crippen LogP) is 4.03. The number of likely N-dealkylation sites (tertiary alicyclic amines) is 1. The molecule has 0 spiro atoms. The summed E-state index contributed by atoms with van der Waals surface area (Å²) >= 11 is 0. The predicted molar refractivity (Wildman–Crippen MR) is 106 cm³/mol. The number of carbonyl (C=O) groups excluding carboxylic acids is 1. The van der Waals surface area contributed by atoms with Crippen LogP contribution in [0.25, 0.3) is 16.9 Å². The standard InChI is InChI=1S/C22H25N3O2/c1-2-13-27-19-9-6-12-24(15-19)22(26)18-10-11-21-23-20(16-25(21)14-18)17-7-4-3-5-8-17/h3-5,7-8,10-11,14,16,19H,2,6,9,12-13,15H2,1H3/t19-/m0/s1. The Kier molecular flexibility index (Phi) is 5.21. The number of amides is 1. The van der Waals surface area contributed by atoms with Gasteiger partial charge in [-0.2, -0.15) is 0 Å². The molecule has 0 unspecified atom stereocenters. The van der Waals surface area contributed by atoms with Crippen molar-refractivity contribution in [2.24, 2.45) is 0 Å². The lowest BCUT2D eigenvalue weighted by atomic mass is 10.1. The lowest BCUT2D eigenvalue weighted by Gasteiger charge is -2.32. The molecule has 140 valence electrons. The number of hydrogen-bond acceptors (Lipinski definition) is 3. The summed E-state index contributed by atoms with van der Waals surface area (Å²) in [5.41, 5.74) is 3.51. The molecular weight excluding hydrogens is 338 g/mol. The SMILES string of the molecule is CCCO[C@H]1CCCN(C(=O)c2ccc3nc(-c4ccccc4)cn3c2)C1. The lowest BCUT2D eigenvalue weighted by molar-refractivity contribution is 0.00209. The Hall–Kier alpha value is -2.66. The van der Waals surface area contributed by atoms with Gasteiger partial charge >= 0.3 is 0 Å². The Morgan fingerprint density at radius 1 is 1.19 bits per heavy atom. The number of nitrogens with zero attached hydrogens (tertiary/aromatic N) is 3. The fourth-order valence-corrected chi connectivity index (χ4v) is 3.59. The molecule has 0 saturated carbocycles. The highest BCUT2D eigenvalue weighted by atomic mass is 16.5. The molecule has 0 aliphatic carbocycles. The van der Waals surface area contributed by atoms with Crippen LogP contribution in [0.4, 0.5) is 0 Å². The van der Waals surface area contributed by atoms with E-state index in [9.17, 15) is 4.79 Å². The zero-order valence-corrected chi connectivity index (χ0v) is 15.7. The maximum atomic E-state index is 13.0. The van der Waals surface area contributed by atoms with Gasteiger partial charge in [0.15, 0.2) is 0 Å². The number of carbonyl (C=O) groups is 1.